The van der Waals surface area contributed by atoms with Gasteiger partial charge in [0.2, 0.25) is 0 Å². The lowest BCUT2D eigenvalue weighted by Gasteiger charge is -2.25. The number of hydrogen-bond acceptors (Lipinski definition) is 0. The highest BCUT2D eigenvalue weighted by Crippen LogP contribution is 2.47. The van der Waals surface area contributed by atoms with Crippen LogP contribution in [0.4, 0.5) is 0 Å². The van der Waals surface area contributed by atoms with E-state index in [-0.39, 0.29) is 0 Å². The quantitative estimate of drug-likeness (QED) is 0.158. The largest absolute Gasteiger partial charge is 0.106 e. The molecule has 0 fully saturated rings. The summed E-state index contributed by atoms with van der Waals surface area (Å²) in [7, 11) is 1.05. The van der Waals surface area contributed by atoms with Crippen molar-refractivity contribution in [1.29, 1.82) is 0 Å². The molecule has 0 aromatic rings. The SMILES string of the molecule is CCCCP(CCCC)CCP(CCCC)CCP(CCCC)CCCC. The van der Waals surface area contributed by atoms with Crippen LogP contribution in [-0.2, 0) is 0 Å². The van der Waals surface area contributed by atoms with Crippen LogP contribution in [-0.4, -0.2) is 55.5 Å². The molecule has 0 unspecified atom stereocenters. The van der Waals surface area contributed by atoms with E-state index >= 15 is 0 Å². The molecule has 0 bridgehead atoms. The van der Waals surface area contributed by atoms with Crippen molar-refractivity contribution in [3.63, 3.8) is 0 Å². The fourth-order valence-corrected chi connectivity index (χ4v) is 13.8. The lowest BCUT2D eigenvalue weighted by atomic mass is 10.4. The topological polar surface area (TPSA) is 0 Å². The summed E-state index contributed by atoms with van der Waals surface area (Å²) in [5.74, 6) is 0. The molecule has 0 rings (SSSR count). The van der Waals surface area contributed by atoms with E-state index in [9.17, 15) is 0 Å². The Labute approximate surface area is 178 Å². The molecule has 0 amide bonds. The summed E-state index contributed by atoms with van der Waals surface area (Å²) in [6.45, 7) is 11.9. The summed E-state index contributed by atoms with van der Waals surface area (Å²) in [6.07, 6.45) is 28.8. The van der Waals surface area contributed by atoms with E-state index in [1.807, 2.05) is 0 Å². The maximum atomic E-state index is 2.39. The smallest absolute Gasteiger partial charge is 0.0286 e. The third-order valence-electron chi connectivity index (χ3n) is 5.60. The van der Waals surface area contributed by atoms with E-state index in [0.29, 0.717) is 23.8 Å². The molecule has 0 aromatic heterocycles. The zero-order chi connectivity index (χ0) is 20.2. The van der Waals surface area contributed by atoms with Gasteiger partial charge in [-0.25, -0.2) is 0 Å². The summed E-state index contributed by atoms with van der Waals surface area (Å²) in [4.78, 5) is 0. The summed E-state index contributed by atoms with van der Waals surface area (Å²) in [5.41, 5.74) is 0. The molecule has 0 saturated heterocycles. The molecule has 0 aliphatic rings. The highest BCUT2D eigenvalue weighted by molar-refractivity contribution is 7.63. The molecule has 0 aromatic carbocycles. The van der Waals surface area contributed by atoms with Gasteiger partial charge in [-0.1, -0.05) is 66.7 Å². The average Bonchev–Trinajstić information content (AvgIpc) is 2.69. The monoisotopic (exact) mass is 434 g/mol. The van der Waals surface area contributed by atoms with Gasteiger partial charge in [0.1, 0.15) is 0 Å². The maximum Gasteiger partial charge on any atom is -0.0286 e. The van der Waals surface area contributed by atoms with Gasteiger partial charge >= 0.3 is 0 Å². The standard InChI is InChI=1S/C24H53P3/c1-6-11-16-25(17-12-7-2)21-23-27(20-15-10-5)24-22-26(18-13-8-3)19-14-9-4/h6-24H2,1-5H3. The zero-order valence-electron chi connectivity index (χ0n) is 19.8. The molecule has 0 atom stereocenters. The van der Waals surface area contributed by atoms with E-state index in [4.69, 9.17) is 0 Å². The number of hydrogen-bond donors (Lipinski definition) is 0. The van der Waals surface area contributed by atoms with Crippen LogP contribution in [0.15, 0.2) is 0 Å². The van der Waals surface area contributed by atoms with Gasteiger partial charge in [0.15, 0.2) is 0 Å². The van der Waals surface area contributed by atoms with E-state index < -0.39 is 0 Å². The van der Waals surface area contributed by atoms with Crippen molar-refractivity contribution in [1.82, 2.24) is 0 Å². The van der Waals surface area contributed by atoms with Gasteiger partial charge in [-0.05, 0) is 87.6 Å². The highest BCUT2D eigenvalue weighted by Gasteiger charge is 2.15. The molecule has 0 aliphatic carbocycles. The van der Waals surface area contributed by atoms with E-state index in [0.717, 1.165) is 0 Å². The van der Waals surface area contributed by atoms with Gasteiger partial charge in [-0.2, -0.15) is 0 Å². The molecule has 0 nitrogen and oxygen atoms in total. The van der Waals surface area contributed by atoms with Crippen LogP contribution in [0.5, 0.6) is 0 Å². The fourth-order valence-electron chi connectivity index (χ4n) is 3.48. The minimum Gasteiger partial charge on any atom is -0.106 e. The zero-order valence-corrected chi connectivity index (χ0v) is 22.5. The Morgan fingerprint density at radius 1 is 0.296 bits per heavy atom. The van der Waals surface area contributed by atoms with Crippen molar-refractivity contribution in [2.75, 3.05) is 55.5 Å². The van der Waals surface area contributed by atoms with Crippen molar-refractivity contribution >= 4 is 23.8 Å². The predicted molar refractivity (Wildman–Crippen MR) is 139 cm³/mol. The normalized spacial score (nSPS) is 12.0. The molecule has 0 heterocycles. The lowest BCUT2D eigenvalue weighted by molar-refractivity contribution is 0.865. The molecule has 0 aliphatic heterocycles. The summed E-state index contributed by atoms with van der Waals surface area (Å²) < 4.78 is 0. The molecule has 164 valence electrons. The first-order chi connectivity index (χ1) is 13.2. The molecular formula is C24H53P3. The Morgan fingerprint density at radius 3 is 0.667 bits per heavy atom. The Hall–Kier alpha value is 1.29. The van der Waals surface area contributed by atoms with E-state index in [1.165, 1.54) is 64.2 Å². The first kappa shape index (κ1) is 28.3. The Balaban J connectivity index is 4.49. The second-order valence-corrected chi connectivity index (χ2v) is 16.3. The number of rotatable bonds is 21. The van der Waals surface area contributed by atoms with Crippen molar-refractivity contribution in [2.24, 2.45) is 0 Å². The van der Waals surface area contributed by atoms with Gasteiger partial charge in [0.25, 0.3) is 0 Å². The molecule has 0 saturated carbocycles. The number of unbranched alkanes of at least 4 members (excludes halogenated alkanes) is 5. The maximum absolute atomic E-state index is 2.39. The Kier molecular flexibility index (Phi) is 23.0. The van der Waals surface area contributed by atoms with Crippen LogP contribution in [0.3, 0.4) is 0 Å². The van der Waals surface area contributed by atoms with Crippen LogP contribution >= 0.6 is 23.8 Å². The second-order valence-electron chi connectivity index (χ2n) is 8.29. The highest BCUT2D eigenvalue weighted by atomic mass is 31.1. The Bertz CT molecular complexity index is 243. The third-order valence-corrected chi connectivity index (χ3v) is 14.5. The summed E-state index contributed by atoms with van der Waals surface area (Å²) in [6, 6.07) is 0. The second kappa shape index (κ2) is 22.0. The van der Waals surface area contributed by atoms with E-state index in [1.54, 1.807) is 55.5 Å². The van der Waals surface area contributed by atoms with Gasteiger partial charge < -0.3 is 0 Å². The fraction of sp³-hybridized carbons (Fsp3) is 1.00. The minimum atomic E-state index is 0.341. The minimum absolute atomic E-state index is 0.341. The van der Waals surface area contributed by atoms with Crippen molar-refractivity contribution in [3.8, 4) is 0 Å². The molecule has 0 spiro atoms. The van der Waals surface area contributed by atoms with Crippen LogP contribution in [0.2, 0.25) is 0 Å². The van der Waals surface area contributed by atoms with Crippen molar-refractivity contribution in [3.05, 3.63) is 0 Å². The third kappa shape index (κ3) is 17.8. The lowest BCUT2D eigenvalue weighted by Crippen LogP contribution is -2.06. The first-order valence-corrected chi connectivity index (χ1v) is 18.1. The van der Waals surface area contributed by atoms with Gasteiger partial charge in [0.05, 0.1) is 0 Å². The molecule has 0 radical (unpaired) electrons. The van der Waals surface area contributed by atoms with E-state index in [2.05, 4.69) is 34.6 Å². The van der Waals surface area contributed by atoms with Crippen LogP contribution in [0.1, 0.15) is 98.8 Å². The van der Waals surface area contributed by atoms with Gasteiger partial charge in [-0.3, -0.25) is 0 Å². The van der Waals surface area contributed by atoms with Crippen molar-refractivity contribution < 1.29 is 0 Å². The van der Waals surface area contributed by atoms with Gasteiger partial charge in [0, 0.05) is 0 Å². The van der Waals surface area contributed by atoms with Crippen LogP contribution in [0, 0.1) is 0 Å². The molecule has 27 heavy (non-hydrogen) atoms. The van der Waals surface area contributed by atoms with Crippen molar-refractivity contribution in [2.45, 2.75) is 98.8 Å². The average molecular weight is 435 g/mol. The molecule has 0 N–H and O–H groups in total. The molecule has 3 heteroatoms. The Morgan fingerprint density at radius 2 is 0.481 bits per heavy atom. The van der Waals surface area contributed by atoms with Crippen LogP contribution < -0.4 is 0 Å². The molecular weight excluding hydrogens is 381 g/mol. The summed E-state index contributed by atoms with van der Waals surface area (Å²) >= 11 is 0. The summed E-state index contributed by atoms with van der Waals surface area (Å²) in [5, 5.41) is 0. The van der Waals surface area contributed by atoms with Crippen LogP contribution in [0.25, 0.3) is 0 Å². The predicted octanol–water partition coefficient (Wildman–Crippen LogP) is 9.43. The first-order valence-electron chi connectivity index (χ1n) is 12.4. The van der Waals surface area contributed by atoms with Gasteiger partial charge in [-0.15, -0.1) is 23.8 Å².